The summed E-state index contributed by atoms with van der Waals surface area (Å²) in [5.41, 5.74) is 0. The minimum absolute atomic E-state index is 0.0237. The molecule has 0 aromatic heterocycles. The number of ketones is 1. The van der Waals surface area contributed by atoms with Crippen LogP contribution in [0.3, 0.4) is 0 Å². The normalized spacial score (nSPS) is 22.9. The second-order valence-corrected chi connectivity index (χ2v) is 8.04. The van der Waals surface area contributed by atoms with Crippen LogP contribution in [-0.4, -0.2) is 70.1 Å². The molecule has 1 aliphatic carbocycles. The SMILES string of the molecule is O=C(O)CCCSCCC1C(=O)CC(O)C1OCC(O)COc1ccccc1. The van der Waals surface area contributed by atoms with Crippen LogP contribution in [0.1, 0.15) is 25.7 Å². The van der Waals surface area contributed by atoms with E-state index < -0.39 is 30.2 Å². The van der Waals surface area contributed by atoms with Crippen LogP contribution in [0.4, 0.5) is 0 Å². The first-order valence-electron chi connectivity index (χ1n) is 9.45. The lowest BCUT2D eigenvalue weighted by Gasteiger charge is -2.23. The van der Waals surface area contributed by atoms with Gasteiger partial charge in [0.25, 0.3) is 0 Å². The van der Waals surface area contributed by atoms with Gasteiger partial charge < -0.3 is 24.8 Å². The van der Waals surface area contributed by atoms with E-state index in [2.05, 4.69) is 0 Å². The van der Waals surface area contributed by atoms with E-state index in [1.54, 1.807) is 23.9 Å². The third kappa shape index (κ3) is 7.79. The summed E-state index contributed by atoms with van der Waals surface area (Å²) in [6, 6.07) is 9.12. The highest BCUT2D eigenvalue weighted by Crippen LogP contribution is 2.30. The van der Waals surface area contributed by atoms with Gasteiger partial charge in [0.05, 0.1) is 18.8 Å². The Morgan fingerprint density at radius 2 is 1.96 bits per heavy atom. The number of aliphatic carboxylic acids is 1. The van der Waals surface area contributed by atoms with Crippen LogP contribution in [0.25, 0.3) is 0 Å². The van der Waals surface area contributed by atoms with Gasteiger partial charge in [0.15, 0.2) is 0 Å². The first-order valence-corrected chi connectivity index (χ1v) is 10.6. The predicted molar refractivity (Wildman–Crippen MR) is 106 cm³/mol. The minimum Gasteiger partial charge on any atom is -0.491 e. The zero-order chi connectivity index (χ0) is 20.4. The van der Waals surface area contributed by atoms with Crippen LogP contribution in [0, 0.1) is 5.92 Å². The lowest BCUT2D eigenvalue weighted by atomic mass is 10.0. The Hall–Kier alpha value is -1.61. The van der Waals surface area contributed by atoms with Gasteiger partial charge in [-0.2, -0.15) is 11.8 Å². The molecule has 28 heavy (non-hydrogen) atoms. The Labute approximate surface area is 169 Å². The van der Waals surface area contributed by atoms with Gasteiger partial charge in [0.1, 0.15) is 24.2 Å². The zero-order valence-corrected chi connectivity index (χ0v) is 16.6. The fraction of sp³-hybridized carbons (Fsp3) is 0.600. The number of para-hydroxylation sites is 1. The largest absolute Gasteiger partial charge is 0.491 e. The number of carboxylic acids is 1. The standard InChI is InChI=1S/C20H28O7S/c21-14(12-26-15-5-2-1-3-6-15)13-27-20-16(17(22)11-18(20)23)8-10-28-9-4-7-19(24)25/h1-3,5-6,14,16,18,20-21,23H,4,7-13H2,(H,24,25). The molecule has 0 aliphatic heterocycles. The molecule has 0 radical (unpaired) electrons. The number of carbonyl (C=O) groups excluding carboxylic acids is 1. The first-order chi connectivity index (χ1) is 13.5. The molecule has 7 nitrogen and oxygen atoms in total. The van der Waals surface area contributed by atoms with Gasteiger partial charge in [-0.25, -0.2) is 0 Å². The number of rotatable bonds is 13. The molecule has 0 heterocycles. The van der Waals surface area contributed by atoms with Crippen molar-refractivity contribution < 1.29 is 34.4 Å². The summed E-state index contributed by atoms with van der Waals surface area (Å²) >= 11 is 1.60. The van der Waals surface area contributed by atoms with E-state index >= 15 is 0 Å². The highest BCUT2D eigenvalue weighted by Gasteiger charge is 2.42. The van der Waals surface area contributed by atoms with Crippen LogP contribution in [0.15, 0.2) is 30.3 Å². The van der Waals surface area contributed by atoms with Gasteiger partial charge in [0, 0.05) is 18.8 Å². The molecule has 4 atom stereocenters. The van der Waals surface area contributed by atoms with Gasteiger partial charge in [-0.05, 0) is 36.5 Å². The molecule has 1 fully saturated rings. The molecule has 8 heteroatoms. The molecule has 1 aliphatic rings. The summed E-state index contributed by atoms with van der Waals surface area (Å²) in [5.74, 6) is 0.829. The van der Waals surface area contributed by atoms with Crippen molar-refractivity contribution in [1.82, 2.24) is 0 Å². The van der Waals surface area contributed by atoms with E-state index in [1.165, 1.54) is 0 Å². The van der Waals surface area contributed by atoms with Gasteiger partial charge in [-0.15, -0.1) is 0 Å². The number of thioether (sulfide) groups is 1. The molecular formula is C20H28O7S. The molecule has 1 aromatic rings. The van der Waals surface area contributed by atoms with Crippen LogP contribution >= 0.6 is 11.8 Å². The Kier molecular flexibility index (Phi) is 9.77. The summed E-state index contributed by atoms with van der Waals surface area (Å²) in [6.45, 7) is 0.0367. The summed E-state index contributed by atoms with van der Waals surface area (Å²) in [5, 5.41) is 28.8. The molecule has 0 bridgehead atoms. The molecule has 2 rings (SSSR count). The fourth-order valence-corrected chi connectivity index (χ4v) is 4.07. The number of hydrogen-bond acceptors (Lipinski definition) is 7. The fourth-order valence-electron chi connectivity index (χ4n) is 3.09. The molecule has 0 spiro atoms. The topological polar surface area (TPSA) is 113 Å². The van der Waals surface area contributed by atoms with E-state index in [-0.39, 0.29) is 31.8 Å². The first kappa shape index (κ1) is 22.7. The van der Waals surface area contributed by atoms with E-state index in [0.29, 0.717) is 24.3 Å². The van der Waals surface area contributed by atoms with E-state index in [4.69, 9.17) is 14.6 Å². The summed E-state index contributed by atoms with van der Waals surface area (Å²) < 4.78 is 11.1. The summed E-state index contributed by atoms with van der Waals surface area (Å²) in [4.78, 5) is 22.6. The quantitative estimate of drug-likeness (QED) is 0.420. The van der Waals surface area contributed by atoms with Crippen LogP contribution in [0.5, 0.6) is 5.75 Å². The number of aliphatic hydroxyl groups excluding tert-OH is 2. The van der Waals surface area contributed by atoms with E-state index in [0.717, 1.165) is 5.75 Å². The highest BCUT2D eigenvalue weighted by molar-refractivity contribution is 7.99. The molecule has 4 unspecified atom stereocenters. The van der Waals surface area contributed by atoms with Crippen molar-refractivity contribution in [3.63, 3.8) is 0 Å². The second-order valence-electron chi connectivity index (χ2n) is 6.82. The van der Waals surface area contributed by atoms with Crippen molar-refractivity contribution in [2.24, 2.45) is 5.92 Å². The monoisotopic (exact) mass is 412 g/mol. The molecular weight excluding hydrogens is 384 g/mol. The number of Topliss-reactive ketones (excluding diaryl/α,β-unsaturated/α-hetero) is 1. The predicted octanol–water partition coefficient (Wildman–Crippen LogP) is 1.75. The maximum Gasteiger partial charge on any atom is 0.303 e. The maximum atomic E-state index is 12.1. The highest BCUT2D eigenvalue weighted by atomic mass is 32.2. The number of aliphatic hydroxyl groups is 2. The lowest BCUT2D eigenvalue weighted by Crippen LogP contribution is -2.34. The molecule has 0 saturated heterocycles. The Balaban J connectivity index is 1.70. The number of carbonyl (C=O) groups is 2. The van der Waals surface area contributed by atoms with Crippen molar-refractivity contribution in [2.45, 2.75) is 44.0 Å². The minimum atomic E-state index is -0.867. The summed E-state index contributed by atoms with van der Waals surface area (Å²) in [6.07, 6.45) is -0.994. The van der Waals surface area contributed by atoms with Gasteiger partial charge in [-0.1, -0.05) is 18.2 Å². The number of hydrogen-bond donors (Lipinski definition) is 3. The van der Waals surface area contributed by atoms with Crippen molar-refractivity contribution in [3.8, 4) is 5.75 Å². The third-order valence-electron chi connectivity index (χ3n) is 4.52. The van der Waals surface area contributed by atoms with Crippen molar-refractivity contribution in [3.05, 3.63) is 30.3 Å². The van der Waals surface area contributed by atoms with E-state index in [1.807, 2.05) is 18.2 Å². The van der Waals surface area contributed by atoms with Gasteiger partial charge >= 0.3 is 5.97 Å². The molecule has 1 aromatic carbocycles. The van der Waals surface area contributed by atoms with Crippen molar-refractivity contribution in [2.75, 3.05) is 24.7 Å². The van der Waals surface area contributed by atoms with Gasteiger partial charge in [0.2, 0.25) is 0 Å². The summed E-state index contributed by atoms with van der Waals surface area (Å²) in [7, 11) is 0. The Morgan fingerprint density at radius 3 is 2.68 bits per heavy atom. The van der Waals surface area contributed by atoms with E-state index in [9.17, 15) is 19.8 Å². The second kappa shape index (κ2) is 12.1. The van der Waals surface area contributed by atoms with Crippen molar-refractivity contribution >= 4 is 23.5 Å². The van der Waals surface area contributed by atoms with Crippen LogP contribution in [-0.2, 0) is 14.3 Å². The zero-order valence-electron chi connectivity index (χ0n) is 15.7. The maximum absolute atomic E-state index is 12.1. The number of ether oxygens (including phenoxy) is 2. The lowest BCUT2D eigenvalue weighted by molar-refractivity contribution is -0.137. The van der Waals surface area contributed by atoms with Crippen LogP contribution in [0.2, 0.25) is 0 Å². The Morgan fingerprint density at radius 1 is 1.21 bits per heavy atom. The number of benzene rings is 1. The molecule has 3 N–H and O–H groups in total. The van der Waals surface area contributed by atoms with Gasteiger partial charge in [-0.3, -0.25) is 9.59 Å². The molecule has 156 valence electrons. The van der Waals surface area contributed by atoms with Crippen molar-refractivity contribution in [1.29, 1.82) is 0 Å². The average Bonchev–Trinajstić information content (AvgIpc) is 2.94. The third-order valence-corrected chi connectivity index (χ3v) is 5.62. The number of carboxylic acid groups (broad SMARTS) is 1. The molecule has 0 amide bonds. The Bertz CT molecular complexity index is 610. The average molecular weight is 413 g/mol. The van der Waals surface area contributed by atoms with Crippen LogP contribution < -0.4 is 4.74 Å². The smallest absolute Gasteiger partial charge is 0.303 e. The molecule has 1 saturated carbocycles.